The van der Waals surface area contributed by atoms with Gasteiger partial charge in [-0.25, -0.2) is 0 Å². The van der Waals surface area contributed by atoms with Gasteiger partial charge in [0.15, 0.2) is 0 Å². The summed E-state index contributed by atoms with van der Waals surface area (Å²) in [6, 6.07) is 16.9. The van der Waals surface area contributed by atoms with Crippen LogP contribution in [0.5, 0.6) is 0 Å². The van der Waals surface area contributed by atoms with Gasteiger partial charge in [0, 0.05) is 0 Å². The second kappa shape index (κ2) is 6.31. The first-order valence-electron chi connectivity index (χ1n) is 6.27. The van der Waals surface area contributed by atoms with Crippen LogP contribution in [0.1, 0.15) is 28.5 Å². The number of hydrogen-bond donors (Lipinski definition) is 0. The Morgan fingerprint density at radius 2 is 1.40 bits per heavy atom. The van der Waals surface area contributed by atoms with Gasteiger partial charge in [0.25, 0.3) is 0 Å². The third-order valence-corrected chi connectivity index (χ3v) is 3.41. The Labute approximate surface area is 121 Å². The highest BCUT2D eigenvalue weighted by Gasteiger charge is 2.31. The fourth-order valence-electron chi connectivity index (χ4n) is 2.00. The first-order valence-corrected chi connectivity index (χ1v) is 6.71. The minimum absolute atomic E-state index is 0.501. The van der Waals surface area contributed by atoms with Crippen LogP contribution in [-0.4, -0.2) is 6.18 Å². The minimum Gasteiger partial charge on any atom is -0.171 e. The van der Waals surface area contributed by atoms with Crippen LogP contribution >= 0.6 is 11.6 Å². The van der Waals surface area contributed by atoms with Crippen LogP contribution in [-0.2, 0) is 6.42 Å². The Balaban J connectivity index is 2.03. The average molecular weight is 299 g/mol. The van der Waals surface area contributed by atoms with Gasteiger partial charge in [-0.15, -0.1) is 11.6 Å². The van der Waals surface area contributed by atoms with Gasteiger partial charge in [0.2, 0.25) is 0 Å². The lowest BCUT2D eigenvalue weighted by Crippen LogP contribution is -2.10. The Morgan fingerprint density at radius 1 is 0.850 bits per heavy atom. The van der Waals surface area contributed by atoms with E-state index in [0.717, 1.165) is 17.5 Å². The molecule has 0 N–H and O–H groups in total. The fourth-order valence-corrected chi connectivity index (χ4v) is 2.32. The zero-order valence-corrected chi connectivity index (χ0v) is 11.5. The summed E-state index contributed by atoms with van der Waals surface area (Å²) in [7, 11) is 0. The molecule has 0 aromatic heterocycles. The van der Waals surface area contributed by atoms with Crippen LogP contribution in [0.25, 0.3) is 0 Å². The molecular weight excluding hydrogens is 285 g/mol. The topological polar surface area (TPSA) is 0 Å². The zero-order chi connectivity index (χ0) is 14.6. The highest BCUT2D eigenvalue weighted by Crippen LogP contribution is 2.34. The van der Waals surface area contributed by atoms with Crippen LogP contribution < -0.4 is 0 Å². The SMILES string of the molecule is FC(F)(F)CC(Cl)c1ccc(Cc2ccccc2)cc1. The van der Waals surface area contributed by atoms with E-state index in [0.29, 0.717) is 5.56 Å². The predicted octanol–water partition coefficient (Wildman–Crippen LogP) is 5.51. The third-order valence-electron chi connectivity index (χ3n) is 3.00. The molecule has 20 heavy (non-hydrogen) atoms. The third kappa shape index (κ3) is 4.57. The summed E-state index contributed by atoms with van der Waals surface area (Å²) in [5, 5.41) is -1.03. The van der Waals surface area contributed by atoms with Gasteiger partial charge in [-0.3, -0.25) is 0 Å². The highest BCUT2D eigenvalue weighted by molar-refractivity contribution is 6.20. The largest absolute Gasteiger partial charge is 0.390 e. The molecular formula is C16H14ClF3. The molecule has 0 spiro atoms. The van der Waals surface area contributed by atoms with Gasteiger partial charge in [-0.05, 0) is 23.1 Å². The molecule has 0 aliphatic heterocycles. The van der Waals surface area contributed by atoms with E-state index >= 15 is 0 Å². The molecule has 0 saturated heterocycles. The molecule has 1 atom stereocenters. The van der Waals surface area contributed by atoms with Crippen LogP contribution in [0.3, 0.4) is 0 Å². The first kappa shape index (κ1) is 14.9. The van der Waals surface area contributed by atoms with Crippen molar-refractivity contribution in [1.29, 1.82) is 0 Å². The maximum atomic E-state index is 12.3. The van der Waals surface area contributed by atoms with E-state index in [9.17, 15) is 13.2 Å². The monoisotopic (exact) mass is 298 g/mol. The summed E-state index contributed by atoms with van der Waals surface area (Å²) in [4.78, 5) is 0. The van der Waals surface area contributed by atoms with Crippen molar-refractivity contribution in [2.75, 3.05) is 0 Å². The van der Waals surface area contributed by atoms with Crippen LogP contribution in [0, 0.1) is 0 Å². The molecule has 0 amide bonds. The summed E-state index contributed by atoms with van der Waals surface area (Å²) >= 11 is 5.78. The van der Waals surface area contributed by atoms with Crippen molar-refractivity contribution in [2.45, 2.75) is 24.4 Å². The van der Waals surface area contributed by atoms with Crippen molar-refractivity contribution >= 4 is 11.6 Å². The van der Waals surface area contributed by atoms with E-state index in [1.807, 2.05) is 42.5 Å². The summed E-state index contributed by atoms with van der Waals surface area (Å²) in [5.41, 5.74) is 2.72. The number of alkyl halides is 4. The lowest BCUT2D eigenvalue weighted by atomic mass is 10.0. The van der Waals surface area contributed by atoms with Gasteiger partial charge >= 0.3 is 6.18 Å². The molecule has 4 heteroatoms. The Bertz CT molecular complexity index is 532. The van der Waals surface area contributed by atoms with Crippen molar-refractivity contribution < 1.29 is 13.2 Å². The fraction of sp³-hybridized carbons (Fsp3) is 0.250. The van der Waals surface area contributed by atoms with Crippen LogP contribution in [0.2, 0.25) is 0 Å². The minimum atomic E-state index is -4.24. The summed E-state index contributed by atoms with van der Waals surface area (Å²) in [6.45, 7) is 0. The molecule has 0 aliphatic rings. The predicted molar refractivity (Wildman–Crippen MR) is 75.0 cm³/mol. The zero-order valence-electron chi connectivity index (χ0n) is 10.7. The molecule has 0 aliphatic carbocycles. The lowest BCUT2D eigenvalue weighted by Gasteiger charge is -2.13. The van der Waals surface area contributed by atoms with Crippen molar-refractivity contribution in [3.63, 3.8) is 0 Å². The lowest BCUT2D eigenvalue weighted by molar-refractivity contribution is -0.134. The molecule has 2 aromatic carbocycles. The first-order chi connectivity index (χ1) is 9.44. The maximum Gasteiger partial charge on any atom is 0.390 e. The van der Waals surface area contributed by atoms with Gasteiger partial charge < -0.3 is 0 Å². The van der Waals surface area contributed by atoms with Crippen molar-refractivity contribution in [2.24, 2.45) is 0 Å². The van der Waals surface area contributed by atoms with Gasteiger partial charge in [0.05, 0.1) is 11.8 Å². The molecule has 1 unspecified atom stereocenters. The molecule has 2 rings (SSSR count). The molecule has 0 nitrogen and oxygen atoms in total. The summed E-state index contributed by atoms with van der Waals surface area (Å²) in [5.74, 6) is 0. The van der Waals surface area contributed by atoms with Crippen molar-refractivity contribution in [3.05, 3.63) is 71.3 Å². The Morgan fingerprint density at radius 3 is 1.95 bits per heavy atom. The second-order valence-electron chi connectivity index (χ2n) is 4.69. The van der Waals surface area contributed by atoms with E-state index < -0.39 is 18.0 Å². The van der Waals surface area contributed by atoms with E-state index in [1.54, 1.807) is 12.1 Å². The molecule has 2 aromatic rings. The summed E-state index contributed by atoms with van der Waals surface area (Å²) in [6.07, 6.45) is -4.49. The van der Waals surface area contributed by atoms with Gasteiger partial charge in [0.1, 0.15) is 0 Å². The Hall–Kier alpha value is -1.48. The maximum absolute atomic E-state index is 12.3. The van der Waals surface area contributed by atoms with E-state index in [-0.39, 0.29) is 0 Å². The number of rotatable bonds is 4. The normalized spacial score (nSPS) is 13.2. The standard InChI is InChI=1S/C16H14ClF3/c17-15(11-16(18,19)20)14-8-6-13(7-9-14)10-12-4-2-1-3-5-12/h1-9,15H,10-11H2. The molecule has 0 radical (unpaired) electrons. The molecule has 106 valence electrons. The van der Waals surface area contributed by atoms with Crippen LogP contribution in [0.4, 0.5) is 13.2 Å². The van der Waals surface area contributed by atoms with Crippen molar-refractivity contribution in [3.8, 4) is 0 Å². The molecule has 0 bridgehead atoms. The number of halogens is 4. The smallest absolute Gasteiger partial charge is 0.171 e. The van der Waals surface area contributed by atoms with E-state index in [1.165, 1.54) is 0 Å². The van der Waals surface area contributed by atoms with E-state index in [4.69, 9.17) is 11.6 Å². The average Bonchev–Trinajstić information content (AvgIpc) is 2.39. The van der Waals surface area contributed by atoms with Crippen LogP contribution in [0.15, 0.2) is 54.6 Å². The summed E-state index contributed by atoms with van der Waals surface area (Å²) < 4.78 is 36.8. The van der Waals surface area contributed by atoms with Gasteiger partial charge in [-0.1, -0.05) is 54.6 Å². The molecule has 0 saturated carbocycles. The van der Waals surface area contributed by atoms with E-state index in [2.05, 4.69) is 0 Å². The Kier molecular flexibility index (Phi) is 4.71. The van der Waals surface area contributed by atoms with Gasteiger partial charge in [-0.2, -0.15) is 13.2 Å². The number of hydrogen-bond acceptors (Lipinski definition) is 0. The number of benzene rings is 2. The molecule has 0 heterocycles. The highest BCUT2D eigenvalue weighted by atomic mass is 35.5. The quantitative estimate of drug-likeness (QED) is 0.653. The second-order valence-corrected chi connectivity index (χ2v) is 5.22. The molecule has 0 fully saturated rings. The van der Waals surface area contributed by atoms with Crippen molar-refractivity contribution in [1.82, 2.24) is 0 Å².